The average molecular weight is 1440 g/mol. The quantitative estimate of drug-likeness (QED) is 0.136. The molecule has 17 aromatic carbocycles. The maximum absolute atomic E-state index is 6.62. The van der Waals surface area contributed by atoms with Gasteiger partial charge in [-0.1, -0.05) is 295 Å². The lowest BCUT2D eigenvalue weighted by Crippen LogP contribution is -2.16. The van der Waals surface area contributed by atoms with Crippen molar-refractivity contribution in [3.8, 4) is 66.8 Å². The van der Waals surface area contributed by atoms with Crippen LogP contribution in [0.15, 0.2) is 382 Å². The second kappa shape index (κ2) is 25.2. The number of para-hydroxylation sites is 6. The second-order valence-corrected chi connectivity index (χ2v) is 30.9. The van der Waals surface area contributed by atoms with Crippen LogP contribution in [0.2, 0.25) is 0 Å². The molecule has 23 rings (SSSR count). The molecule has 0 radical (unpaired) electrons. The molecule has 4 heterocycles. The number of hydrogen-bond donors (Lipinski definition) is 0. The van der Waals surface area contributed by atoms with Gasteiger partial charge in [-0.25, -0.2) is 0 Å². The van der Waals surface area contributed by atoms with Gasteiger partial charge in [0.2, 0.25) is 0 Å². The van der Waals surface area contributed by atoms with Crippen molar-refractivity contribution in [3.05, 3.63) is 386 Å². The fraction of sp³-hybridized carbons (Fsp3) is 0.0566. The molecule has 0 fully saturated rings. The fourth-order valence-corrected chi connectivity index (χ4v) is 18.4. The van der Waals surface area contributed by atoms with Crippen molar-refractivity contribution in [2.75, 3.05) is 9.80 Å². The van der Waals surface area contributed by atoms with Gasteiger partial charge >= 0.3 is 0 Å². The Bertz CT molecular complexity index is 7190. The van der Waals surface area contributed by atoms with Crippen LogP contribution in [-0.2, 0) is 10.8 Å². The van der Waals surface area contributed by atoms with Gasteiger partial charge in [0.1, 0.15) is 44.7 Å². The largest absolute Gasteiger partial charge is 0.455 e. The molecular weight excluding hydrogens is 1370 g/mol. The van der Waals surface area contributed by atoms with Gasteiger partial charge in [-0.05, 0) is 175 Å². The summed E-state index contributed by atoms with van der Waals surface area (Å²) in [4.78, 5) is 4.75. The molecule has 6 nitrogen and oxygen atoms in total. The van der Waals surface area contributed by atoms with Gasteiger partial charge in [0, 0.05) is 110 Å². The molecule has 0 amide bonds. The second-order valence-electron chi connectivity index (χ2n) is 30.9. The number of rotatable bonds is 10. The van der Waals surface area contributed by atoms with E-state index in [9.17, 15) is 0 Å². The molecule has 0 aliphatic heterocycles. The summed E-state index contributed by atoms with van der Waals surface area (Å²) in [6.07, 6.45) is 0. The SMILES string of the molecule is CC1(C)c2cc(N(c3ccc(-c4cccc5c4oc4ccccc45)cc3)c3ccc(-c4cccc5c4oc4ccccc45)cc3)ccc2-c2c1ccc1c2oc2ccccc21.CC1(C)c2cc(N(c3ccc(-c4ccccc4)cc3)c3ccc(-c4cccc5ccccc45)cc3)ccc2-c2c1ccc1c2oc2ccccc21. The molecule has 0 spiro atoms. The zero-order chi connectivity index (χ0) is 74.5. The van der Waals surface area contributed by atoms with Crippen LogP contribution >= 0.6 is 0 Å². The summed E-state index contributed by atoms with van der Waals surface area (Å²) in [7, 11) is 0. The van der Waals surface area contributed by atoms with Crippen LogP contribution in [0.4, 0.5) is 34.1 Å². The maximum atomic E-state index is 6.62. The Balaban J connectivity index is 0.000000140. The Morgan fingerprint density at radius 1 is 0.196 bits per heavy atom. The molecule has 0 saturated heterocycles. The van der Waals surface area contributed by atoms with E-state index in [0.29, 0.717) is 0 Å². The summed E-state index contributed by atoms with van der Waals surface area (Å²) in [5.74, 6) is 0. The molecule has 0 atom stereocenters. The highest BCUT2D eigenvalue weighted by Gasteiger charge is 2.40. The number of hydrogen-bond acceptors (Lipinski definition) is 6. The first kappa shape index (κ1) is 64.9. The van der Waals surface area contributed by atoms with Crippen LogP contribution in [0.1, 0.15) is 49.9 Å². The predicted octanol–water partition coefficient (Wildman–Crippen LogP) is 30.3. The van der Waals surface area contributed by atoms with Gasteiger partial charge in [0.15, 0.2) is 0 Å². The normalized spacial score (nSPS) is 13.1. The van der Waals surface area contributed by atoms with Gasteiger partial charge < -0.3 is 27.5 Å². The lowest BCUT2D eigenvalue weighted by molar-refractivity contribution is 0.653. The molecule has 112 heavy (non-hydrogen) atoms. The van der Waals surface area contributed by atoms with Crippen molar-refractivity contribution in [2.45, 2.75) is 38.5 Å². The smallest absolute Gasteiger partial charge is 0.143 e. The lowest BCUT2D eigenvalue weighted by atomic mass is 9.82. The topological polar surface area (TPSA) is 59.0 Å². The third-order valence-electron chi connectivity index (χ3n) is 24.0. The van der Waals surface area contributed by atoms with Crippen molar-refractivity contribution in [2.24, 2.45) is 0 Å². The summed E-state index contributed by atoms with van der Waals surface area (Å²) < 4.78 is 26.1. The monoisotopic (exact) mass is 1440 g/mol. The highest BCUT2D eigenvalue weighted by atomic mass is 16.3. The number of nitrogens with zero attached hydrogens (tertiary/aromatic N) is 2. The van der Waals surface area contributed by atoms with E-state index in [1.807, 2.05) is 36.4 Å². The van der Waals surface area contributed by atoms with E-state index in [-0.39, 0.29) is 10.8 Å². The van der Waals surface area contributed by atoms with E-state index in [0.717, 1.165) is 139 Å². The number of furan rings is 4. The first-order chi connectivity index (χ1) is 55.0. The van der Waals surface area contributed by atoms with E-state index in [2.05, 4.69) is 365 Å². The molecule has 530 valence electrons. The van der Waals surface area contributed by atoms with Crippen molar-refractivity contribution >= 4 is 133 Å². The van der Waals surface area contributed by atoms with E-state index in [1.165, 1.54) is 82.9 Å². The predicted molar refractivity (Wildman–Crippen MR) is 466 cm³/mol. The maximum Gasteiger partial charge on any atom is 0.143 e. The molecule has 6 heteroatoms. The minimum Gasteiger partial charge on any atom is -0.455 e. The number of fused-ring (bicyclic) bond motifs is 21. The third-order valence-corrected chi connectivity index (χ3v) is 24.0. The van der Waals surface area contributed by atoms with Crippen LogP contribution in [0.5, 0.6) is 0 Å². The van der Waals surface area contributed by atoms with E-state index in [4.69, 9.17) is 17.7 Å². The molecule has 0 N–H and O–H groups in total. The summed E-state index contributed by atoms with van der Waals surface area (Å²) in [5.41, 5.74) is 32.7. The van der Waals surface area contributed by atoms with Crippen molar-refractivity contribution in [1.82, 2.24) is 0 Å². The Hall–Kier alpha value is -14.2. The zero-order valence-electron chi connectivity index (χ0n) is 62.2. The summed E-state index contributed by atoms with van der Waals surface area (Å²) >= 11 is 0. The Morgan fingerprint density at radius 2 is 0.500 bits per heavy atom. The van der Waals surface area contributed by atoms with Gasteiger partial charge in [-0.2, -0.15) is 0 Å². The molecule has 4 aromatic heterocycles. The van der Waals surface area contributed by atoms with Crippen LogP contribution in [0, 0.1) is 0 Å². The van der Waals surface area contributed by atoms with Crippen LogP contribution in [0.25, 0.3) is 165 Å². The minimum absolute atomic E-state index is 0.200. The summed E-state index contributed by atoms with van der Waals surface area (Å²) in [5, 5.41) is 11.7. The highest BCUT2D eigenvalue weighted by Crippen LogP contribution is 2.57. The number of benzene rings is 17. The average Bonchev–Trinajstić information content (AvgIpc) is 1.55. The van der Waals surface area contributed by atoms with E-state index < -0.39 is 0 Å². The first-order valence-electron chi connectivity index (χ1n) is 38.6. The molecule has 2 aliphatic carbocycles. The van der Waals surface area contributed by atoms with Gasteiger partial charge in [0.25, 0.3) is 0 Å². The van der Waals surface area contributed by atoms with E-state index in [1.54, 1.807) is 0 Å². The van der Waals surface area contributed by atoms with Gasteiger partial charge in [0.05, 0.1) is 0 Å². The van der Waals surface area contributed by atoms with Crippen molar-refractivity contribution < 1.29 is 17.7 Å². The third kappa shape index (κ3) is 10.2. The highest BCUT2D eigenvalue weighted by molar-refractivity contribution is 6.15. The molecule has 0 unspecified atom stereocenters. The van der Waals surface area contributed by atoms with Crippen molar-refractivity contribution in [3.63, 3.8) is 0 Å². The Kier molecular flexibility index (Phi) is 14.6. The first-order valence-corrected chi connectivity index (χ1v) is 38.6. The minimum atomic E-state index is -0.246. The van der Waals surface area contributed by atoms with Gasteiger partial charge in [-0.3, -0.25) is 0 Å². The standard InChI is InChI=1S/C57H37NO3.C49H35NO/c1-57(2)48-32-31-46-43-13-5-8-20-52(43)61-56(46)53(48)47-30-29-38(33-49(47)57)58(36-25-21-34(22-26-36)39-14-9-16-44-41-11-3-6-18-50(41)59-54(39)44)37-27-23-35(24-28-37)40-15-10-17-45-42-12-4-7-19-51(42)60-55(40)45;1-49(2)44-30-29-42-41-16-8-9-18-46(41)51-48(42)47(44)43-28-27-38(31-45(43)49)50(36-23-19-33(20-24-36)32-11-4-3-5-12-32)37-25-21-35(22-26-37)40-17-10-14-34-13-6-7-15-39(34)40/h3-33H,1-2H3;3-31H,1-2H3. The summed E-state index contributed by atoms with van der Waals surface area (Å²) in [6.45, 7) is 9.35. The lowest BCUT2D eigenvalue weighted by Gasteiger charge is -2.28. The molecular formula is C106H72N2O4. The fourth-order valence-electron chi connectivity index (χ4n) is 18.4. The van der Waals surface area contributed by atoms with Gasteiger partial charge in [-0.15, -0.1) is 0 Å². The molecule has 2 aliphatic rings. The van der Waals surface area contributed by atoms with Crippen LogP contribution < -0.4 is 9.80 Å². The van der Waals surface area contributed by atoms with Crippen molar-refractivity contribution in [1.29, 1.82) is 0 Å². The van der Waals surface area contributed by atoms with Crippen LogP contribution in [-0.4, -0.2) is 0 Å². The molecule has 0 saturated carbocycles. The number of anilines is 6. The zero-order valence-corrected chi connectivity index (χ0v) is 62.2. The summed E-state index contributed by atoms with van der Waals surface area (Å²) in [6, 6.07) is 131. The molecule has 0 bridgehead atoms. The van der Waals surface area contributed by atoms with Crippen LogP contribution in [0.3, 0.4) is 0 Å². The van der Waals surface area contributed by atoms with E-state index >= 15 is 0 Å². The molecule has 21 aromatic rings. The Labute approximate surface area is 647 Å². The Morgan fingerprint density at radius 3 is 0.929 bits per heavy atom.